The summed E-state index contributed by atoms with van der Waals surface area (Å²) in [5, 5.41) is 13.1. The summed E-state index contributed by atoms with van der Waals surface area (Å²) in [5.74, 6) is 0. The van der Waals surface area contributed by atoms with E-state index in [1.165, 1.54) is 4.57 Å². The van der Waals surface area contributed by atoms with Crippen LogP contribution in [0.25, 0.3) is 11.3 Å². The Labute approximate surface area is 148 Å². The van der Waals surface area contributed by atoms with E-state index in [0.29, 0.717) is 5.69 Å². The molecular formula is C20H26N2O3. The molecule has 2 aromatic rings. The molecule has 1 unspecified atom stereocenters. The van der Waals surface area contributed by atoms with Gasteiger partial charge in [0, 0.05) is 22.4 Å². The highest BCUT2D eigenvalue weighted by atomic mass is 16.5. The number of benzene rings is 1. The molecule has 1 aromatic carbocycles. The predicted molar refractivity (Wildman–Crippen MR) is 99.2 cm³/mol. The van der Waals surface area contributed by atoms with E-state index in [2.05, 4.69) is 5.32 Å². The molecule has 2 heterocycles. The molecule has 134 valence electrons. The van der Waals surface area contributed by atoms with Gasteiger partial charge in [0.25, 0.3) is 0 Å². The molecule has 25 heavy (non-hydrogen) atoms. The van der Waals surface area contributed by atoms with Crippen LogP contribution in [0.15, 0.2) is 30.3 Å². The average molecular weight is 342 g/mol. The van der Waals surface area contributed by atoms with E-state index in [1.54, 1.807) is 0 Å². The van der Waals surface area contributed by atoms with Crippen LogP contribution in [0.4, 0.5) is 10.5 Å². The molecule has 0 radical (unpaired) electrons. The third-order valence-electron chi connectivity index (χ3n) is 4.63. The molecule has 0 fully saturated rings. The number of nitrogens with zero attached hydrogens (tertiary/aromatic N) is 1. The molecule has 1 aromatic heterocycles. The summed E-state index contributed by atoms with van der Waals surface area (Å²) in [6.07, 6.45) is -1.03. The second kappa shape index (κ2) is 5.63. The minimum Gasteiger partial charge on any atom is -0.464 e. The molecule has 2 N–H and O–H groups in total. The van der Waals surface area contributed by atoms with E-state index >= 15 is 0 Å². The van der Waals surface area contributed by atoms with Gasteiger partial charge in [-0.1, -0.05) is 26.8 Å². The largest absolute Gasteiger partial charge is 0.464 e. The van der Waals surface area contributed by atoms with E-state index in [0.717, 1.165) is 22.5 Å². The Morgan fingerprint density at radius 2 is 1.92 bits per heavy atom. The van der Waals surface area contributed by atoms with Gasteiger partial charge in [-0.2, -0.15) is 0 Å². The molecule has 5 heteroatoms. The fourth-order valence-corrected chi connectivity index (χ4v) is 3.53. The van der Waals surface area contributed by atoms with Gasteiger partial charge in [0.2, 0.25) is 0 Å². The number of anilines is 1. The summed E-state index contributed by atoms with van der Waals surface area (Å²) < 4.78 is 7.38. The Bertz CT molecular complexity index is 828. The molecule has 0 bridgehead atoms. The zero-order chi connectivity index (χ0) is 18.6. The predicted octanol–water partition coefficient (Wildman–Crippen LogP) is 5.00. The fraction of sp³-hybridized carbons (Fsp3) is 0.450. The van der Waals surface area contributed by atoms with Gasteiger partial charge in [-0.25, -0.2) is 9.36 Å². The number of nitrogens with one attached hydrogen (secondary N) is 1. The van der Waals surface area contributed by atoms with Gasteiger partial charge in [-0.3, -0.25) is 0 Å². The quantitative estimate of drug-likeness (QED) is 0.765. The van der Waals surface area contributed by atoms with Crippen LogP contribution in [0.1, 0.15) is 52.8 Å². The van der Waals surface area contributed by atoms with Crippen molar-refractivity contribution in [1.82, 2.24) is 4.57 Å². The van der Waals surface area contributed by atoms with E-state index in [1.807, 2.05) is 71.9 Å². The second-order valence-corrected chi connectivity index (χ2v) is 8.15. The van der Waals surface area contributed by atoms with Crippen LogP contribution in [-0.4, -0.2) is 22.0 Å². The highest BCUT2D eigenvalue weighted by Crippen LogP contribution is 2.40. The molecule has 0 aliphatic carbocycles. The third-order valence-corrected chi connectivity index (χ3v) is 4.63. The van der Waals surface area contributed by atoms with Gasteiger partial charge in [0.1, 0.15) is 6.23 Å². The van der Waals surface area contributed by atoms with E-state index in [4.69, 9.17) is 4.74 Å². The number of carboxylic acid groups (broad SMARTS) is 1. The Balaban J connectivity index is 2.16. The molecule has 5 nitrogen and oxygen atoms in total. The van der Waals surface area contributed by atoms with Crippen LogP contribution in [0.2, 0.25) is 0 Å². The van der Waals surface area contributed by atoms with Crippen LogP contribution in [-0.2, 0) is 15.8 Å². The van der Waals surface area contributed by atoms with E-state index in [9.17, 15) is 9.90 Å². The average Bonchev–Trinajstić information content (AvgIpc) is 2.91. The highest BCUT2D eigenvalue weighted by Gasteiger charge is 2.32. The minimum absolute atomic E-state index is 0.0660. The van der Waals surface area contributed by atoms with Gasteiger partial charge in [-0.15, -0.1) is 0 Å². The number of carbonyl (C=O) groups is 1. The molecule has 0 spiro atoms. The summed E-state index contributed by atoms with van der Waals surface area (Å²) in [4.78, 5) is 11.9. The molecule has 0 saturated heterocycles. The maximum absolute atomic E-state index is 11.9. The van der Waals surface area contributed by atoms with Gasteiger partial charge in [0.05, 0.1) is 11.3 Å². The van der Waals surface area contributed by atoms with Gasteiger partial charge >= 0.3 is 6.09 Å². The number of fused-ring (bicyclic) bond motifs is 1. The summed E-state index contributed by atoms with van der Waals surface area (Å²) in [7, 11) is 0. The van der Waals surface area contributed by atoms with Gasteiger partial charge < -0.3 is 15.2 Å². The van der Waals surface area contributed by atoms with Gasteiger partial charge in [0.15, 0.2) is 0 Å². The molecule has 1 aliphatic heterocycles. The van der Waals surface area contributed by atoms with Crippen molar-refractivity contribution in [2.24, 2.45) is 0 Å². The van der Waals surface area contributed by atoms with Crippen LogP contribution < -0.4 is 5.32 Å². The van der Waals surface area contributed by atoms with Crippen LogP contribution >= 0.6 is 0 Å². The Kier molecular flexibility index (Phi) is 3.95. The number of hydrogen-bond acceptors (Lipinski definition) is 3. The van der Waals surface area contributed by atoms with Crippen molar-refractivity contribution in [3.63, 3.8) is 0 Å². The van der Waals surface area contributed by atoms with Crippen molar-refractivity contribution in [3.8, 4) is 11.3 Å². The molecule has 1 atom stereocenters. The van der Waals surface area contributed by atoms with Crippen molar-refractivity contribution >= 4 is 11.8 Å². The molecule has 0 amide bonds. The Hall–Kier alpha value is -2.27. The second-order valence-electron chi connectivity index (χ2n) is 8.15. The first-order chi connectivity index (χ1) is 11.5. The summed E-state index contributed by atoms with van der Waals surface area (Å²) in [6, 6.07) is 9.76. The van der Waals surface area contributed by atoms with Crippen molar-refractivity contribution < 1.29 is 14.6 Å². The normalized spacial score (nSPS) is 19.2. The van der Waals surface area contributed by atoms with Crippen molar-refractivity contribution in [2.75, 3.05) is 5.32 Å². The molecule has 3 rings (SSSR count). The lowest BCUT2D eigenvalue weighted by Gasteiger charge is -2.38. The van der Waals surface area contributed by atoms with Crippen LogP contribution in [0.3, 0.4) is 0 Å². The highest BCUT2D eigenvalue weighted by molar-refractivity contribution is 5.80. The first-order valence-electron chi connectivity index (χ1n) is 8.55. The lowest BCUT2D eigenvalue weighted by molar-refractivity contribution is -0.0632. The van der Waals surface area contributed by atoms with Crippen molar-refractivity contribution in [2.45, 2.75) is 58.8 Å². The van der Waals surface area contributed by atoms with Crippen LogP contribution in [0.5, 0.6) is 0 Å². The smallest absolute Gasteiger partial charge is 0.416 e. The maximum atomic E-state index is 11.9. The SMILES string of the molecule is CC1Nc2ccc(-c3ccc(C(C)(C)C)n3C(=O)O)cc2C(C)(C)O1. The zero-order valence-electron chi connectivity index (χ0n) is 15.7. The number of hydrogen-bond donors (Lipinski definition) is 2. The standard InChI is InChI=1S/C20H26N2O3/c1-12-21-15-8-7-13(11-14(15)20(5,6)25-12)16-9-10-17(19(2,3)4)22(16)18(23)24/h7-12,21H,1-6H3,(H,23,24). The monoisotopic (exact) mass is 342 g/mol. The van der Waals surface area contributed by atoms with Crippen molar-refractivity contribution in [3.05, 3.63) is 41.6 Å². The third kappa shape index (κ3) is 3.04. The van der Waals surface area contributed by atoms with Crippen molar-refractivity contribution in [1.29, 1.82) is 0 Å². The topological polar surface area (TPSA) is 63.5 Å². The molecule has 1 aliphatic rings. The minimum atomic E-state index is -0.968. The number of rotatable bonds is 1. The molecular weight excluding hydrogens is 316 g/mol. The maximum Gasteiger partial charge on any atom is 0.416 e. The summed E-state index contributed by atoms with van der Waals surface area (Å²) in [6.45, 7) is 12.1. The Morgan fingerprint density at radius 3 is 2.52 bits per heavy atom. The van der Waals surface area contributed by atoms with Gasteiger partial charge in [-0.05, 0) is 50.6 Å². The fourth-order valence-electron chi connectivity index (χ4n) is 3.53. The van der Waals surface area contributed by atoms with E-state index < -0.39 is 11.7 Å². The Morgan fingerprint density at radius 1 is 1.24 bits per heavy atom. The lowest BCUT2D eigenvalue weighted by atomic mass is 9.91. The first-order valence-corrected chi connectivity index (χ1v) is 8.55. The zero-order valence-corrected chi connectivity index (χ0v) is 15.7. The van der Waals surface area contributed by atoms with Crippen LogP contribution in [0, 0.1) is 0 Å². The first kappa shape index (κ1) is 17.5. The lowest BCUT2D eigenvalue weighted by Crippen LogP contribution is -2.37. The number of aromatic nitrogens is 1. The van der Waals surface area contributed by atoms with E-state index in [-0.39, 0.29) is 11.6 Å². The number of ether oxygens (including phenoxy) is 1. The molecule has 0 saturated carbocycles. The summed E-state index contributed by atoms with van der Waals surface area (Å²) >= 11 is 0. The summed E-state index contributed by atoms with van der Waals surface area (Å²) in [5.41, 5.74) is 3.66.